The minimum absolute atomic E-state index is 0.00255. The van der Waals surface area contributed by atoms with Crippen LogP contribution in [0.15, 0.2) is 22.7 Å². The summed E-state index contributed by atoms with van der Waals surface area (Å²) in [6.07, 6.45) is -2.21. The fraction of sp³-hybridized carbons (Fsp3) is 0.333. The first kappa shape index (κ1) is 10.6. The van der Waals surface area contributed by atoms with E-state index in [2.05, 4.69) is 15.9 Å². The number of halogens is 3. The van der Waals surface area contributed by atoms with E-state index in [1.54, 1.807) is 12.1 Å². The second kappa shape index (κ2) is 4.67. The molecule has 0 spiro atoms. The van der Waals surface area contributed by atoms with Crippen LogP contribution in [0.3, 0.4) is 0 Å². The van der Waals surface area contributed by atoms with Crippen molar-refractivity contribution in [1.82, 2.24) is 0 Å². The lowest BCUT2D eigenvalue weighted by Gasteiger charge is -2.07. The van der Waals surface area contributed by atoms with E-state index in [-0.39, 0.29) is 18.6 Å². The van der Waals surface area contributed by atoms with Crippen molar-refractivity contribution < 1.29 is 13.9 Å². The fourth-order valence-corrected chi connectivity index (χ4v) is 1.53. The van der Waals surface area contributed by atoms with E-state index < -0.39 is 6.43 Å². The lowest BCUT2D eigenvalue weighted by molar-refractivity contribution is 0.149. The third kappa shape index (κ3) is 2.74. The van der Waals surface area contributed by atoms with Crippen LogP contribution >= 0.6 is 15.9 Å². The van der Waals surface area contributed by atoms with Gasteiger partial charge in [-0.25, -0.2) is 8.78 Å². The summed E-state index contributed by atoms with van der Waals surface area (Å²) in [6, 6.07) is 4.56. The molecule has 0 amide bonds. The molecule has 0 aromatic heterocycles. The normalized spacial score (nSPS) is 10.8. The molecule has 72 valence electrons. The molecule has 0 atom stereocenters. The Bertz CT molecular complexity index is 289. The third-order valence-electron chi connectivity index (χ3n) is 1.72. The summed E-state index contributed by atoms with van der Waals surface area (Å²) in [6.45, 7) is -0.115. The van der Waals surface area contributed by atoms with Crippen molar-refractivity contribution in [3.05, 3.63) is 33.8 Å². The maximum atomic E-state index is 12.4. The molecule has 4 heteroatoms. The number of aliphatic hydroxyl groups excluding tert-OH is 1. The molecule has 1 aromatic rings. The highest BCUT2D eigenvalue weighted by molar-refractivity contribution is 9.10. The van der Waals surface area contributed by atoms with Gasteiger partial charge in [0.2, 0.25) is 0 Å². The summed E-state index contributed by atoms with van der Waals surface area (Å²) in [4.78, 5) is 0. The molecule has 1 rings (SSSR count). The molecule has 1 N–H and O–H groups in total. The van der Waals surface area contributed by atoms with Crippen LogP contribution in [-0.4, -0.2) is 11.7 Å². The van der Waals surface area contributed by atoms with Crippen LogP contribution in [0.5, 0.6) is 0 Å². The molecule has 0 saturated carbocycles. The predicted molar refractivity (Wildman–Crippen MR) is 49.9 cm³/mol. The van der Waals surface area contributed by atoms with Gasteiger partial charge in [0.05, 0.1) is 0 Å². The number of hydrogen-bond donors (Lipinski definition) is 1. The molecule has 0 aliphatic rings. The fourth-order valence-electron chi connectivity index (χ4n) is 1.12. The van der Waals surface area contributed by atoms with Crippen LogP contribution in [0.25, 0.3) is 0 Å². The van der Waals surface area contributed by atoms with E-state index in [0.29, 0.717) is 5.56 Å². The molecule has 0 fully saturated rings. The van der Waals surface area contributed by atoms with Gasteiger partial charge in [-0.1, -0.05) is 22.0 Å². The van der Waals surface area contributed by atoms with Crippen molar-refractivity contribution in [3.8, 4) is 0 Å². The first-order chi connectivity index (χ1) is 6.15. The Kier molecular flexibility index (Phi) is 3.81. The van der Waals surface area contributed by atoms with Gasteiger partial charge in [-0.3, -0.25) is 0 Å². The zero-order chi connectivity index (χ0) is 9.84. The van der Waals surface area contributed by atoms with Crippen molar-refractivity contribution in [2.75, 3.05) is 6.61 Å². The zero-order valence-electron chi connectivity index (χ0n) is 6.80. The minimum Gasteiger partial charge on any atom is -0.396 e. The Morgan fingerprint density at radius 2 is 2.08 bits per heavy atom. The lowest BCUT2D eigenvalue weighted by Crippen LogP contribution is -1.97. The quantitative estimate of drug-likeness (QED) is 0.875. The summed E-state index contributed by atoms with van der Waals surface area (Å²) in [5, 5.41) is 8.66. The number of benzene rings is 1. The molecular weight excluding hydrogens is 242 g/mol. The number of aliphatic hydroxyl groups is 1. The van der Waals surface area contributed by atoms with Gasteiger partial charge < -0.3 is 5.11 Å². The number of hydrogen-bond acceptors (Lipinski definition) is 1. The van der Waals surface area contributed by atoms with Gasteiger partial charge in [0.25, 0.3) is 6.43 Å². The van der Waals surface area contributed by atoms with Crippen LogP contribution in [0.2, 0.25) is 0 Å². The second-order valence-corrected chi connectivity index (χ2v) is 3.53. The van der Waals surface area contributed by atoms with Crippen molar-refractivity contribution in [1.29, 1.82) is 0 Å². The van der Waals surface area contributed by atoms with Crippen LogP contribution < -0.4 is 0 Å². The smallest absolute Gasteiger partial charge is 0.264 e. The Morgan fingerprint density at radius 1 is 1.38 bits per heavy atom. The van der Waals surface area contributed by atoms with Crippen LogP contribution in [0, 0.1) is 0 Å². The summed E-state index contributed by atoms with van der Waals surface area (Å²) in [5.74, 6) is 0. The first-order valence-corrected chi connectivity index (χ1v) is 4.61. The van der Waals surface area contributed by atoms with Crippen molar-refractivity contribution in [2.45, 2.75) is 12.8 Å². The highest BCUT2D eigenvalue weighted by Crippen LogP contribution is 2.25. The van der Waals surface area contributed by atoms with Gasteiger partial charge in [-0.2, -0.15) is 0 Å². The van der Waals surface area contributed by atoms with Gasteiger partial charge in [0.15, 0.2) is 0 Å². The van der Waals surface area contributed by atoms with E-state index >= 15 is 0 Å². The molecule has 1 nitrogen and oxygen atoms in total. The molecule has 13 heavy (non-hydrogen) atoms. The average Bonchev–Trinajstić information content (AvgIpc) is 2.04. The molecule has 1 aromatic carbocycles. The summed E-state index contributed by atoms with van der Waals surface area (Å²) < 4.78 is 25.5. The van der Waals surface area contributed by atoms with E-state index in [0.717, 1.165) is 4.47 Å². The number of alkyl halides is 2. The SMILES string of the molecule is OCCc1cc(Br)ccc1C(F)F. The molecule has 0 heterocycles. The van der Waals surface area contributed by atoms with Gasteiger partial charge in [0.1, 0.15) is 0 Å². The summed E-state index contributed by atoms with van der Waals surface area (Å²) in [7, 11) is 0. The monoisotopic (exact) mass is 250 g/mol. The summed E-state index contributed by atoms with van der Waals surface area (Å²) >= 11 is 3.19. The van der Waals surface area contributed by atoms with Gasteiger partial charge in [0, 0.05) is 16.6 Å². The molecule has 0 unspecified atom stereocenters. The Hall–Kier alpha value is -0.480. The van der Waals surface area contributed by atoms with Gasteiger partial charge >= 0.3 is 0 Å². The van der Waals surface area contributed by atoms with Crippen molar-refractivity contribution in [2.24, 2.45) is 0 Å². The van der Waals surface area contributed by atoms with E-state index in [1.165, 1.54) is 6.07 Å². The maximum Gasteiger partial charge on any atom is 0.264 e. The summed E-state index contributed by atoms with van der Waals surface area (Å²) in [5.41, 5.74) is 0.490. The molecule has 0 aliphatic carbocycles. The first-order valence-electron chi connectivity index (χ1n) is 3.82. The Balaban J connectivity index is 3.03. The van der Waals surface area contributed by atoms with Crippen molar-refractivity contribution in [3.63, 3.8) is 0 Å². The maximum absolute atomic E-state index is 12.4. The Morgan fingerprint density at radius 3 is 2.62 bits per heavy atom. The standard InChI is InChI=1S/C9H9BrF2O/c10-7-1-2-8(9(11)12)6(5-7)3-4-13/h1-2,5,9,13H,3-4H2. The topological polar surface area (TPSA) is 20.2 Å². The Labute approximate surface area is 83.5 Å². The third-order valence-corrected chi connectivity index (χ3v) is 2.21. The van der Waals surface area contributed by atoms with Gasteiger partial charge in [-0.05, 0) is 24.1 Å². The van der Waals surface area contributed by atoms with E-state index in [9.17, 15) is 8.78 Å². The zero-order valence-corrected chi connectivity index (χ0v) is 8.39. The predicted octanol–water partition coefficient (Wildman–Crippen LogP) is 2.92. The largest absolute Gasteiger partial charge is 0.396 e. The van der Waals surface area contributed by atoms with Crippen LogP contribution in [0.1, 0.15) is 17.6 Å². The van der Waals surface area contributed by atoms with E-state index in [4.69, 9.17) is 5.11 Å². The number of rotatable bonds is 3. The molecule has 0 saturated heterocycles. The molecule has 0 aliphatic heterocycles. The second-order valence-electron chi connectivity index (χ2n) is 2.62. The lowest BCUT2D eigenvalue weighted by atomic mass is 10.1. The van der Waals surface area contributed by atoms with Gasteiger partial charge in [-0.15, -0.1) is 0 Å². The molecule has 0 radical (unpaired) electrons. The van der Waals surface area contributed by atoms with Crippen LogP contribution in [-0.2, 0) is 6.42 Å². The highest BCUT2D eigenvalue weighted by Gasteiger charge is 2.12. The molecular formula is C9H9BrF2O. The van der Waals surface area contributed by atoms with Crippen LogP contribution in [0.4, 0.5) is 8.78 Å². The minimum atomic E-state index is -2.48. The van der Waals surface area contributed by atoms with Crippen molar-refractivity contribution >= 4 is 15.9 Å². The molecule has 0 bridgehead atoms. The highest BCUT2D eigenvalue weighted by atomic mass is 79.9. The average molecular weight is 251 g/mol. The van der Waals surface area contributed by atoms with E-state index in [1.807, 2.05) is 0 Å².